The first-order valence-corrected chi connectivity index (χ1v) is 12.6. The van der Waals surface area contributed by atoms with E-state index in [4.69, 9.17) is 17.3 Å². The molecule has 0 bridgehead atoms. The van der Waals surface area contributed by atoms with E-state index in [-0.39, 0.29) is 25.3 Å². The molecule has 0 saturated carbocycles. The summed E-state index contributed by atoms with van der Waals surface area (Å²) in [6.45, 7) is 0.232. The van der Waals surface area contributed by atoms with Gasteiger partial charge in [0, 0.05) is 46.5 Å². The molecule has 0 unspecified atom stereocenters. The molecule has 2 heterocycles. The number of nitrogens with two attached hydrogens (primary N) is 1. The summed E-state index contributed by atoms with van der Waals surface area (Å²) in [5.74, 6) is -2.21. The van der Waals surface area contributed by atoms with Crippen molar-refractivity contribution in [2.75, 3.05) is 0 Å². The quantitative estimate of drug-likeness (QED) is 0.210. The Hall–Kier alpha value is -4.14. The van der Waals surface area contributed by atoms with Crippen molar-refractivity contribution in [3.05, 3.63) is 124 Å². The van der Waals surface area contributed by atoms with Gasteiger partial charge in [-0.05, 0) is 77.2 Å². The summed E-state index contributed by atoms with van der Waals surface area (Å²) in [4.78, 5) is 20.9. The average Bonchev–Trinajstić information content (AvgIpc) is 3.29. The van der Waals surface area contributed by atoms with Gasteiger partial charge in [0.25, 0.3) is 0 Å². The maximum atomic E-state index is 14.0. The monoisotopic (exact) mass is 548 g/mol. The van der Waals surface area contributed by atoms with Crippen LogP contribution in [0.3, 0.4) is 0 Å². The first-order valence-electron chi connectivity index (χ1n) is 12.2. The maximum Gasteiger partial charge on any atom is 0.225 e. The van der Waals surface area contributed by atoms with Crippen LogP contribution >= 0.6 is 11.6 Å². The first-order chi connectivity index (χ1) is 18.8. The van der Waals surface area contributed by atoms with Gasteiger partial charge in [-0.1, -0.05) is 23.7 Å². The van der Waals surface area contributed by atoms with E-state index in [0.29, 0.717) is 38.3 Å². The van der Waals surface area contributed by atoms with E-state index in [2.05, 4.69) is 15.3 Å². The van der Waals surface area contributed by atoms with Crippen molar-refractivity contribution in [2.24, 2.45) is 5.73 Å². The van der Waals surface area contributed by atoms with Gasteiger partial charge in [-0.3, -0.25) is 9.78 Å². The van der Waals surface area contributed by atoms with Gasteiger partial charge in [0.05, 0.1) is 18.2 Å². The van der Waals surface area contributed by atoms with Crippen molar-refractivity contribution >= 4 is 28.4 Å². The number of benzene rings is 3. The first kappa shape index (κ1) is 26.5. The summed E-state index contributed by atoms with van der Waals surface area (Å²) in [6, 6.07) is 15.8. The predicted molar refractivity (Wildman–Crippen MR) is 145 cm³/mol. The van der Waals surface area contributed by atoms with Crippen LogP contribution in [0.2, 0.25) is 5.02 Å². The highest BCUT2D eigenvalue weighted by Gasteiger charge is 2.22. The van der Waals surface area contributed by atoms with Crippen LogP contribution in [0.15, 0.2) is 79.1 Å². The number of hydrogen-bond acceptors (Lipinski definition) is 3. The molecular formula is C30H24ClF3N4O. The Morgan fingerprint density at radius 2 is 1.77 bits per heavy atom. The van der Waals surface area contributed by atoms with Crippen LogP contribution in [0, 0.1) is 17.5 Å². The lowest BCUT2D eigenvalue weighted by Gasteiger charge is -2.22. The minimum atomic E-state index is -0.742. The maximum absolute atomic E-state index is 14.0. The lowest BCUT2D eigenvalue weighted by atomic mass is 9.94. The van der Waals surface area contributed by atoms with Gasteiger partial charge >= 0.3 is 0 Å². The van der Waals surface area contributed by atoms with Crippen LogP contribution < -0.4 is 11.1 Å². The van der Waals surface area contributed by atoms with Crippen LogP contribution in [0.25, 0.3) is 22.0 Å². The second-order valence-corrected chi connectivity index (χ2v) is 9.64. The Balaban J connectivity index is 1.52. The number of hydrogen-bond donors (Lipinski definition) is 3. The van der Waals surface area contributed by atoms with Crippen LogP contribution in [0.1, 0.15) is 28.4 Å². The Morgan fingerprint density at radius 3 is 2.54 bits per heavy atom. The minimum absolute atomic E-state index is 0.0438. The minimum Gasteiger partial charge on any atom is -0.361 e. The molecule has 0 fully saturated rings. The normalized spacial score (nSPS) is 12.0. The number of nitrogens with one attached hydrogen (secondary N) is 2. The van der Waals surface area contributed by atoms with E-state index >= 15 is 0 Å². The number of amides is 1. The molecule has 0 saturated heterocycles. The molecule has 5 rings (SSSR count). The molecule has 5 nitrogen and oxygen atoms in total. The number of carbonyl (C=O) groups excluding carboxylic acids is 1. The number of H-pyrrole nitrogens is 1. The fraction of sp³-hybridized carbons (Fsp3) is 0.133. The molecule has 0 aliphatic carbocycles. The van der Waals surface area contributed by atoms with Crippen LogP contribution in [0.4, 0.5) is 13.2 Å². The standard InChI is InChI=1S/C30H24ClF3N4O/c31-26-5-3-18(11-19(26)15-35)24-2-1-7-36-30(24)28(10-17-8-22(33)13-23(34)9-17)38-29(39)12-20-16-37-27-6-4-21(32)14-25(20)27/h1-9,11,13-14,16,28,37H,10,12,15,35H2,(H,38,39)/t28-/m0/s1. The molecule has 0 aliphatic heterocycles. The van der Waals surface area contributed by atoms with Gasteiger partial charge in [0.1, 0.15) is 17.5 Å². The van der Waals surface area contributed by atoms with Gasteiger partial charge in [-0.2, -0.15) is 0 Å². The molecule has 0 spiro atoms. The van der Waals surface area contributed by atoms with Crippen molar-refractivity contribution in [2.45, 2.75) is 25.4 Å². The number of aromatic amines is 1. The molecule has 1 atom stereocenters. The van der Waals surface area contributed by atoms with E-state index in [1.54, 1.807) is 30.6 Å². The number of rotatable bonds is 8. The smallest absolute Gasteiger partial charge is 0.225 e. The van der Waals surface area contributed by atoms with Gasteiger partial charge in [-0.25, -0.2) is 13.2 Å². The summed E-state index contributed by atoms with van der Waals surface area (Å²) >= 11 is 6.26. The van der Waals surface area contributed by atoms with Gasteiger partial charge < -0.3 is 16.0 Å². The molecule has 39 heavy (non-hydrogen) atoms. The van der Waals surface area contributed by atoms with Crippen LogP contribution in [-0.4, -0.2) is 15.9 Å². The lowest BCUT2D eigenvalue weighted by Crippen LogP contribution is -2.32. The zero-order valence-electron chi connectivity index (χ0n) is 20.6. The number of carbonyl (C=O) groups is 1. The molecule has 2 aromatic heterocycles. The van der Waals surface area contributed by atoms with E-state index in [1.165, 1.54) is 24.3 Å². The summed E-state index contributed by atoms with van der Waals surface area (Å²) in [5.41, 5.74) is 10.3. The van der Waals surface area contributed by atoms with Gasteiger partial charge in [0.2, 0.25) is 5.91 Å². The second kappa shape index (κ2) is 11.3. The predicted octanol–water partition coefficient (Wildman–Crippen LogP) is 6.40. The van der Waals surface area contributed by atoms with E-state index in [0.717, 1.165) is 17.2 Å². The summed E-state index contributed by atoms with van der Waals surface area (Å²) in [7, 11) is 0. The number of fused-ring (bicyclic) bond motifs is 1. The summed E-state index contributed by atoms with van der Waals surface area (Å²) < 4.78 is 41.9. The van der Waals surface area contributed by atoms with Crippen molar-refractivity contribution < 1.29 is 18.0 Å². The molecular weight excluding hydrogens is 525 g/mol. The molecule has 4 N–H and O–H groups in total. The fourth-order valence-electron chi connectivity index (χ4n) is 4.73. The summed E-state index contributed by atoms with van der Waals surface area (Å²) in [5, 5.41) is 4.11. The fourth-order valence-corrected chi connectivity index (χ4v) is 4.93. The zero-order valence-corrected chi connectivity index (χ0v) is 21.4. The zero-order chi connectivity index (χ0) is 27.5. The molecule has 9 heteroatoms. The Morgan fingerprint density at radius 1 is 0.974 bits per heavy atom. The molecule has 0 aliphatic rings. The third-order valence-corrected chi connectivity index (χ3v) is 6.89. The topological polar surface area (TPSA) is 83.8 Å². The molecule has 198 valence electrons. The van der Waals surface area contributed by atoms with Crippen LogP contribution in [0.5, 0.6) is 0 Å². The van der Waals surface area contributed by atoms with Gasteiger partial charge in [0.15, 0.2) is 0 Å². The highest BCUT2D eigenvalue weighted by atomic mass is 35.5. The van der Waals surface area contributed by atoms with Crippen molar-refractivity contribution in [1.82, 2.24) is 15.3 Å². The third kappa shape index (κ3) is 5.97. The van der Waals surface area contributed by atoms with Crippen molar-refractivity contribution in [3.63, 3.8) is 0 Å². The van der Waals surface area contributed by atoms with E-state index < -0.39 is 23.5 Å². The Labute approximate surface area is 227 Å². The highest BCUT2D eigenvalue weighted by molar-refractivity contribution is 6.31. The number of aromatic nitrogens is 2. The number of halogens is 4. The number of nitrogens with zero attached hydrogens (tertiary/aromatic N) is 1. The molecule has 0 radical (unpaired) electrons. The van der Waals surface area contributed by atoms with E-state index in [1.807, 2.05) is 18.2 Å². The Bertz CT molecular complexity index is 1650. The van der Waals surface area contributed by atoms with E-state index in [9.17, 15) is 18.0 Å². The largest absolute Gasteiger partial charge is 0.361 e. The lowest BCUT2D eigenvalue weighted by molar-refractivity contribution is -0.121. The SMILES string of the molecule is NCc1cc(-c2cccnc2[C@H](Cc2cc(F)cc(F)c2)NC(=O)Cc2c[nH]c3ccc(F)cc23)ccc1Cl. The molecule has 5 aromatic rings. The molecule has 1 amide bonds. The van der Waals surface area contributed by atoms with Gasteiger partial charge in [-0.15, -0.1) is 0 Å². The second-order valence-electron chi connectivity index (χ2n) is 9.23. The average molecular weight is 549 g/mol. The summed E-state index contributed by atoms with van der Waals surface area (Å²) in [6.07, 6.45) is 3.28. The molecule has 3 aromatic carbocycles. The Kier molecular flexibility index (Phi) is 7.67. The van der Waals surface area contributed by atoms with Crippen molar-refractivity contribution in [3.8, 4) is 11.1 Å². The third-order valence-electron chi connectivity index (χ3n) is 6.52. The highest BCUT2D eigenvalue weighted by Crippen LogP contribution is 2.31. The number of pyridine rings is 1. The van der Waals surface area contributed by atoms with Crippen LogP contribution in [-0.2, 0) is 24.2 Å². The van der Waals surface area contributed by atoms with Crippen molar-refractivity contribution in [1.29, 1.82) is 0 Å².